The first-order chi connectivity index (χ1) is 11.4. The van der Waals surface area contributed by atoms with E-state index in [1.165, 1.54) is 15.9 Å². The van der Waals surface area contributed by atoms with Crippen molar-refractivity contribution in [1.82, 2.24) is 0 Å². The van der Waals surface area contributed by atoms with E-state index in [2.05, 4.69) is 97.1 Å². The fraction of sp³-hybridized carbons (Fsp3) is 0.0455. The van der Waals surface area contributed by atoms with Crippen molar-refractivity contribution < 1.29 is 0 Å². The molecule has 0 aromatic heterocycles. The van der Waals surface area contributed by atoms with Gasteiger partial charge in [-0.3, -0.25) is 0 Å². The third-order valence-electron chi connectivity index (χ3n) is 4.11. The monoisotopic (exact) mass is 315 g/mol. The highest BCUT2D eigenvalue weighted by Gasteiger charge is 2.43. The van der Waals surface area contributed by atoms with Crippen molar-refractivity contribution in [3.05, 3.63) is 110 Å². The molecule has 0 aliphatic rings. The van der Waals surface area contributed by atoms with E-state index in [9.17, 15) is 0 Å². The Morgan fingerprint density at radius 2 is 0.957 bits per heavy atom. The summed E-state index contributed by atoms with van der Waals surface area (Å²) in [5, 5.41) is 4.15. The number of rotatable bonds is 5. The highest BCUT2D eigenvalue weighted by Crippen LogP contribution is 2.55. The topological polar surface area (TPSA) is 0 Å². The smallest absolute Gasteiger partial charge is 0.0806 e. The van der Waals surface area contributed by atoms with Gasteiger partial charge in [0.15, 0.2) is 0 Å². The van der Waals surface area contributed by atoms with Crippen molar-refractivity contribution in [1.29, 1.82) is 0 Å². The number of benzene rings is 3. The van der Waals surface area contributed by atoms with Gasteiger partial charge in [-0.25, -0.2) is 0 Å². The van der Waals surface area contributed by atoms with Crippen LogP contribution in [0.1, 0.15) is 0 Å². The first kappa shape index (κ1) is 15.7. The maximum absolute atomic E-state index is 5.71. The molecule has 0 amide bonds. The van der Waals surface area contributed by atoms with Gasteiger partial charge in [-0.05, 0) is 43.3 Å². The van der Waals surface area contributed by atoms with Crippen LogP contribution in [0, 0.1) is 6.92 Å². The molecule has 23 heavy (non-hydrogen) atoms. The molecule has 0 atom stereocenters. The summed E-state index contributed by atoms with van der Waals surface area (Å²) in [5.74, 6) is 0. The zero-order valence-electron chi connectivity index (χ0n) is 13.0. The van der Waals surface area contributed by atoms with Gasteiger partial charge in [0.1, 0.15) is 23.2 Å². The molecule has 0 saturated heterocycles. The minimum Gasteiger partial charge on any atom is -0.0806 e. The van der Waals surface area contributed by atoms with Crippen molar-refractivity contribution in [2.24, 2.45) is 0 Å². The lowest BCUT2D eigenvalue weighted by atomic mass is 10.4. The van der Waals surface area contributed by atoms with Crippen LogP contribution in [0.25, 0.3) is 0 Å². The highest BCUT2D eigenvalue weighted by atomic mass is 31.2. The van der Waals surface area contributed by atoms with E-state index in [1.54, 1.807) is 6.08 Å². The summed E-state index contributed by atoms with van der Waals surface area (Å²) in [5.41, 5.74) is 0. The molecule has 0 N–H and O–H groups in total. The number of allylic oxidation sites excluding steroid dienone is 2. The van der Waals surface area contributed by atoms with Crippen molar-refractivity contribution in [3.8, 4) is 0 Å². The quantitative estimate of drug-likeness (QED) is 0.618. The average Bonchev–Trinajstić information content (AvgIpc) is 2.65. The Labute approximate surface area is 139 Å². The lowest BCUT2D eigenvalue weighted by Gasteiger charge is -2.26. The lowest BCUT2D eigenvalue weighted by Crippen LogP contribution is -2.32. The van der Waals surface area contributed by atoms with E-state index < -0.39 is 7.26 Å². The van der Waals surface area contributed by atoms with Crippen molar-refractivity contribution >= 4 is 23.2 Å². The minimum absolute atomic E-state index is 0.932. The molecule has 1 heteroatoms. The van der Waals surface area contributed by atoms with Crippen LogP contribution >= 0.6 is 7.26 Å². The van der Waals surface area contributed by atoms with Gasteiger partial charge in [-0.1, -0.05) is 66.7 Å². The van der Waals surface area contributed by atoms with Crippen LogP contribution in [0.5, 0.6) is 0 Å². The molecule has 0 bridgehead atoms. The summed E-state index contributed by atoms with van der Waals surface area (Å²) in [7, 11) is -1.74. The largest absolute Gasteiger partial charge is 0.115 e. The molecule has 0 spiro atoms. The normalized spacial score (nSPS) is 11.7. The number of hydrogen-bond donors (Lipinski definition) is 0. The van der Waals surface area contributed by atoms with Crippen LogP contribution in [-0.4, -0.2) is 6.16 Å². The van der Waals surface area contributed by atoms with Crippen molar-refractivity contribution in [2.75, 3.05) is 6.16 Å². The van der Waals surface area contributed by atoms with Gasteiger partial charge in [-0.15, -0.1) is 0 Å². The van der Waals surface area contributed by atoms with E-state index in [4.69, 9.17) is 6.92 Å². The molecule has 2 radical (unpaired) electrons. The van der Waals surface area contributed by atoms with Crippen LogP contribution < -0.4 is 15.9 Å². The first-order valence-electron chi connectivity index (χ1n) is 7.79. The molecule has 3 rings (SSSR count). The third kappa shape index (κ3) is 3.14. The van der Waals surface area contributed by atoms with Crippen molar-refractivity contribution in [3.63, 3.8) is 0 Å². The van der Waals surface area contributed by atoms with Gasteiger partial charge in [-0.2, -0.15) is 0 Å². The van der Waals surface area contributed by atoms with E-state index in [-0.39, 0.29) is 0 Å². The molecule has 0 fully saturated rings. The Balaban J connectivity index is 2.30. The van der Waals surface area contributed by atoms with E-state index in [0.29, 0.717) is 0 Å². The van der Waals surface area contributed by atoms with Gasteiger partial charge in [0.25, 0.3) is 0 Å². The van der Waals surface area contributed by atoms with Gasteiger partial charge in [0.05, 0.1) is 6.16 Å². The van der Waals surface area contributed by atoms with Crippen LogP contribution in [0.15, 0.2) is 103 Å². The van der Waals surface area contributed by atoms with Crippen LogP contribution in [0.2, 0.25) is 0 Å². The Morgan fingerprint density at radius 1 is 0.609 bits per heavy atom. The maximum atomic E-state index is 5.71. The second-order valence-corrected chi connectivity index (χ2v) is 8.96. The standard InChI is InChI=1S/C22H20P/c1-2-3-19-23(20-13-7-4-8-14-20,21-15-9-5-10-16-21)22-17-11-6-12-18-22/h1-18H,19H2/q+1/b3-2+. The summed E-state index contributed by atoms with van der Waals surface area (Å²) < 4.78 is 0. The van der Waals surface area contributed by atoms with Gasteiger partial charge >= 0.3 is 0 Å². The molecule has 3 aromatic carbocycles. The van der Waals surface area contributed by atoms with Gasteiger partial charge in [0, 0.05) is 0 Å². The summed E-state index contributed by atoms with van der Waals surface area (Å²) in [6.07, 6.45) is 4.70. The summed E-state index contributed by atoms with van der Waals surface area (Å²) >= 11 is 0. The highest BCUT2D eigenvalue weighted by molar-refractivity contribution is 7.95. The minimum atomic E-state index is -1.74. The third-order valence-corrected chi connectivity index (χ3v) is 8.40. The van der Waals surface area contributed by atoms with Gasteiger partial charge < -0.3 is 0 Å². The average molecular weight is 315 g/mol. The van der Waals surface area contributed by atoms with Crippen LogP contribution in [0.4, 0.5) is 0 Å². The van der Waals surface area contributed by atoms with E-state index >= 15 is 0 Å². The summed E-state index contributed by atoms with van der Waals surface area (Å²) in [4.78, 5) is 0. The molecule has 0 unspecified atom stereocenters. The molecule has 0 aliphatic heterocycles. The molecular weight excluding hydrogens is 295 g/mol. The summed E-state index contributed by atoms with van der Waals surface area (Å²) in [6.45, 7) is 5.71. The summed E-state index contributed by atoms with van der Waals surface area (Å²) in [6, 6.07) is 32.5. The fourth-order valence-electron chi connectivity index (χ4n) is 3.03. The van der Waals surface area contributed by atoms with Crippen molar-refractivity contribution in [2.45, 2.75) is 0 Å². The van der Waals surface area contributed by atoms with Gasteiger partial charge in [0.2, 0.25) is 0 Å². The zero-order valence-corrected chi connectivity index (χ0v) is 13.9. The Kier molecular flexibility index (Phi) is 5.05. The van der Waals surface area contributed by atoms with Crippen LogP contribution in [0.3, 0.4) is 0 Å². The Bertz CT molecular complexity index is 649. The predicted molar refractivity (Wildman–Crippen MR) is 103 cm³/mol. The Hall–Kier alpha value is -2.17. The predicted octanol–water partition coefficient (Wildman–Crippen LogP) is 4.25. The molecule has 0 aliphatic carbocycles. The second kappa shape index (κ2) is 7.40. The maximum Gasteiger partial charge on any atom is 0.115 e. The first-order valence-corrected chi connectivity index (χ1v) is 9.77. The SMILES string of the molecule is [CH]/C=C/C[P+](c1ccccc1)(c1ccccc1)c1ccccc1. The second-order valence-electron chi connectivity index (χ2n) is 5.43. The van der Waals surface area contributed by atoms with E-state index in [1.807, 2.05) is 0 Å². The molecule has 3 aromatic rings. The Morgan fingerprint density at radius 3 is 1.26 bits per heavy atom. The zero-order chi connectivity index (χ0) is 16.0. The van der Waals surface area contributed by atoms with E-state index in [0.717, 1.165) is 6.16 Å². The molecule has 0 nitrogen and oxygen atoms in total. The number of hydrogen-bond acceptors (Lipinski definition) is 0. The molecule has 0 heterocycles. The molecular formula is C22H20P+. The molecule has 112 valence electrons. The van der Waals surface area contributed by atoms with Crippen LogP contribution in [-0.2, 0) is 0 Å². The molecule has 0 saturated carbocycles. The lowest BCUT2D eigenvalue weighted by molar-refractivity contribution is 1.65. The fourth-order valence-corrected chi connectivity index (χ4v) is 7.04.